The molecule has 3 rings (SSSR count). The summed E-state index contributed by atoms with van der Waals surface area (Å²) in [5, 5.41) is 0. The topological polar surface area (TPSA) is 79.5 Å². The lowest BCUT2D eigenvalue weighted by atomic mass is 10.1. The molecular weight excluding hydrogens is 304 g/mol. The monoisotopic (exact) mass is 324 g/mol. The first kappa shape index (κ1) is 16.1. The number of pyridine rings is 1. The van der Waals surface area contributed by atoms with Gasteiger partial charge in [0.05, 0.1) is 0 Å². The first-order valence-corrected chi connectivity index (χ1v) is 7.93. The summed E-state index contributed by atoms with van der Waals surface area (Å²) in [6, 6.07) is 14.6. The van der Waals surface area contributed by atoms with Crippen LogP contribution in [0.2, 0.25) is 0 Å². The lowest BCUT2D eigenvalue weighted by Gasteiger charge is -2.39. The van der Waals surface area contributed by atoms with E-state index in [-0.39, 0.29) is 5.91 Å². The van der Waals surface area contributed by atoms with Gasteiger partial charge in [-0.15, -0.1) is 0 Å². The van der Waals surface area contributed by atoms with Crippen LogP contribution in [-0.2, 0) is 11.3 Å². The van der Waals surface area contributed by atoms with Crippen LogP contribution in [0.4, 0.5) is 0 Å². The Morgan fingerprint density at radius 3 is 2.50 bits per heavy atom. The molecule has 2 amide bonds. The number of benzene rings is 1. The minimum absolute atomic E-state index is 0.251. The van der Waals surface area contributed by atoms with E-state index in [0.717, 1.165) is 6.54 Å². The van der Waals surface area contributed by atoms with Gasteiger partial charge in [-0.25, -0.2) is 0 Å². The van der Waals surface area contributed by atoms with Crippen LogP contribution in [0.25, 0.3) is 0 Å². The third-order valence-electron chi connectivity index (χ3n) is 4.19. The maximum Gasteiger partial charge on any atom is 0.273 e. The smallest absolute Gasteiger partial charge is 0.273 e. The van der Waals surface area contributed by atoms with Gasteiger partial charge in [0, 0.05) is 32.4 Å². The largest absolute Gasteiger partial charge is 0.368 e. The Morgan fingerprint density at radius 1 is 1.08 bits per heavy atom. The fourth-order valence-corrected chi connectivity index (χ4v) is 2.95. The molecule has 0 bridgehead atoms. The Hall–Kier alpha value is -2.73. The average molecular weight is 324 g/mol. The Balaban J connectivity index is 1.72. The van der Waals surface area contributed by atoms with Crippen LogP contribution in [0, 0.1) is 0 Å². The second-order valence-electron chi connectivity index (χ2n) is 5.85. The zero-order valence-electron chi connectivity index (χ0n) is 13.3. The Bertz CT molecular complexity index is 705. The quantitative estimate of drug-likeness (QED) is 0.906. The highest BCUT2D eigenvalue weighted by atomic mass is 16.2. The SMILES string of the molecule is NC(=O)[C@H]1CN(Cc2ccccc2)CCN1C(=O)c1ccccn1. The van der Waals surface area contributed by atoms with Gasteiger partial charge in [0.1, 0.15) is 11.7 Å². The summed E-state index contributed by atoms with van der Waals surface area (Å²) in [7, 11) is 0. The van der Waals surface area contributed by atoms with E-state index in [4.69, 9.17) is 5.73 Å². The van der Waals surface area contributed by atoms with Gasteiger partial charge in [0.2, 0.25) is 5.91 Å². The third-order valence-corrected chi connectivity index (χ3v) is 4.19. The molecule has 0 radical (unpaired) electrons. The number of rotatable bonds is 4. The van der Waals surface area contributed by atoms with Gasteiger partial charge in [-0.2, -0.15) is 0 Å². The van der Waals surface area contributed by atoms with Crippen molar-refractivity contribution < 1.29 is 9.59 Å². The van der Waals surface area contributed by atoms with Gasteiger partial charge in [0.15, 0.2) is 0 Å². The molecule has 2 N–H and O–H groups in total. The van der Waals surface area contributed by atoms with Crippen molar-refractivity contribution in [2.24, 2.45) is 5.73 Å². The normalized spacial score (nSPS) is 18.3. The number of nitrogens with two attached hydrogens (primary N) is 1. The Morgan fingerprint density at radius 2 is 1.83 bits per heavy atom. The molecule has 1 aromatic heterocycles. The molecule has 124 valence electrons. The number of aromatic nitrogens is 1. The lowest BCUT2D eigenvalue weighted by molar-refractivity contribution is -0.124. The molecule has 1 aromatic carbocycles. The molecule has 0 aliphatic carbocycles. The maximum absolute atomic E-state index is 12.6. The number of nitrogens with zero attached hydrogens (tertiary/aromatic N) is 3. The van der Waals surface area contributed by atoms with Crippen LogP contribution in [0.3, 0.4) is 0 Å². The fraction of sp³-hybridized carbons (Fsp3) is 0.278. The van der Waals surface area contributed by atoms with Crippen molar-refractivity contribution in [3.63, 3.8) is 0 Å². The van der Waals surface area contributed by atoms with Crippen molar-refractivity contribution in [1.29, 1.82) is 0 Å². The van der Waals surface area contributed by atoms with Crippen molar-refractivity contribution in [3.05, 3.63) is 66.0 Å². The zero-order valence-corrected chi connectivity index (χ0v) is 13.3. The number of carbonyl (C=O) groups is 2. The van der Waals surface area contributed by atoms with Gasteiger partial charge in [-0.05, 0) is 17.7 Å². The Labute approximate surface area is 140 Å². The van der Waals surface area contributed by atoms with Crippen LogP contribution in [0.1, 0.15) is 16.1 Å². The first-order valence-electron chi connectivity index (χ1n) is 7.93. The van der Waals surface area contributed by atoms with Gasteiger partial charge in [0.25, 0.3) is 5.91 Å². The van der Waals surface area contributed by atoms with E-state index in [1.165, 1.54) is 10.5 Å². The van der Waals surface area contributed by atoms with Gasteiger partial charge < -0.3 is 10.6 Å². The summed E-state index contributed by atoms with van der Waals surface area (Å²) in [6.45, 7) is 2.31. The summed E-state index contributed by atoms with van der Waals surface area (Å²) in [6.07, 6.45) is 1.57. The molecule has 6 heteroatoms. The summed E-state index contributed by atoms with van der Waals surface area (Å²) in [5.41, 5.74) is 7.05. The lowest BCUT2D eigenvalue weighted by Crippen LogP contribution is -2.59. The van der Waals surface area contributed by atoms with Crippen molar-refractivity contribution in [3.8, 4) is 0 Å². The summed E-state index contributed by atoms with van der Waals surface area (Å²) >= 11 is 0. The van der Waals surface area contributed by atoms with E-state index in [2.05, 4.69) is 9.88 Å². The van der Waals surface area contributed by atoms with Crippen molar-refractivity contribution in [2.75, 3.05) is 19.6 Å². The minimum atomic E-state index is -0.642. The van der Waals surface area contributed by atoms with Crippen molar-refractivity contribution >= 4 is 11.8 Å². The molecule has 0 unspecified atom stereocenters. The molecule has 1 aliphatic heterocycles. The maximum atomic E-state index is 12.6. The van der Waals surface area contributed by atoms with E-state index in [1.807, 2.05) is 30.3 Å². The predicted octanol–water partition coefficient (Wildman–Crippen LogP) is 0.893. The van der Waals surface area contributed by atoms with E-state index in [9.17, 15) is 9.59 Å². The van der Waals surface area contributed by atoms with Crippen LogP contribution in [0.15, 0.2) is 54.7 Å². The second kappa shape index (κ2) is 7.23. The highest BCUT2D eigenvalue weighted by molar-refractivity contribution is 5.96. The molecule has 1 aliphatic rings. The number of carbonyl (C=O) groups excluding carboxylic acids is 2. The molecule has 1 fully saturated rings. The molecule has 24 heavy (non-hydrogen) atoms. The minimum Gasteiger partial charge on any atom is -0.368 e. The van der Waals surface area contributed by atoms with Gasteiger partial charge >= 0.3 is 0 Å². The number of hydrogen-bond donors (Lipinski definition) is 1. The highest BCUT2D eigenvalue weighted by Crippen LogP contribution is 2.15. The highest BCUT2D eigenvalue weighted by Gasteiger charge is 2.34. The average Bonchev–Trinajstić information content (AvgIpc) is 2.62. The molecule has 0 spiro atoms. The second-order valence-corrected chi connectivity index (χ2v) is 5.85. The van der Waals surface area contributed by atoms with E-state index in [1.54, 1.807) is 24.4 Å². The fourth-order valence-electron chi connectivity index (χ4n) is 2.95. The molecule has 1 atom stereocenters. The van der Waals surface area contributed by atoms with Crippen molar-refractivity contribution in [1.82, 2.24) is 14.8 Å². The molecule has 1 saturated heterocycles. The first-order chi connectivity index (χ1) is 11.6. The van der Waals surface area contributed by atoms with E-state index in [0.29, 0.717) is 25.3 Å². The number of amides is 2. The third kappa shape index (κ3) is 3.60. The van der Waals surface area contributed by atoms with Crippen LogP contribution in [0.5, 0.6) is 0 Å². The number of piperazine rings is 1. The van der Waals surface area contributed by atoms with E-state index >= 15 is 0 Å². The summed E-state index contributed by atoms with van der Waals surface area (Å²) in [5.74, 6) is -0.740. The number of hydrogen-bond acceptors (Lipinski definition) is 4. The standard InChI is InChI=1S/C18H20N4O2/c19-17(23)16-13-21(12-14-6-2-1-3-7-14)10-11-22(16)18(24)15-8-4-5-9-20-15/h1-9,16H,10-13H2,(H2,19,23)/t16-/m1/s1. The summed E-state index contributed by atoms with van der Waals surface area (Å²) in [4.78, 5) is 32.3. The Kier molecular flexibility index (Phi) is 4.86. The van der Waals surface area contributed by atoms with Crippen LogP contribution >= 0.6 is 0 Å². The summed E-state index contributed by atoms with van der Waals surface area (Å²) < 4.78 is 0. The van der Waals surface area contributed by atoms with Crippen LogP contribution < -0.4 is 5.73 Å². The molecule has 0 saturated carbocycles. The molecular formula is C18H20N4O2. The van der Waals surface area contributed by atoms with Crippen molar-refractivity contribution in [2.45, 2.75) is 12.6 Å². The molecule has 6 nitrogen and oxygen atoms in total. The van der Waals surface area contributed by atoms with Crippen LogP contribution in [-0.4, -0.2) is 52.3 Å². The predicted molar refractivity (Wildman–Crippen MR) is 90.0 cm³/mol. The molecule has 2 aromatic rings. The molecule has 2 heterocycles. The zero-order chi connectivity index (χ0) is 16.9. The van der Waals surface area contributed by atoms with E-state index < -0.39 is 11.9 Å². The number of primary amides is 1. The van der Waals surface area contributed by atoms with Gasteiger partial charge in [-0.3, -0.25) is 19.5 Å². The van der Waals surface area contributed by atoms with Gasteiger partial charge in [-0.1, -0.05) is 36.4 Å².